The molecule has 3 atom stereocenters. The summed E-state index contributed by atoms with van der Waals surface area (Å²) in [7, 11) is 0. The van der Waals surface area contributed by atoms with Crippen molar-refractivity contribution in [2.75, 3.05) is 26.3 Å². The van der Waals surface area contributed by atoms with Gasteiger partial charge in [0.25, 0.3) is 0 Å². The lowest BCUT2D eigenvalue weighted by molar-refractivity contribution is 0.0394. The second-order valence-corrected chi connectivity index (χ2v) is 6.98. The number of rotatable bonds is 3. The lowest BCUT2D eigenvalue weighted by atomic mass is 9.84. The fourth-order valence-corrected chi connectivity index (χ4v) is 3.23. The van der Waals surface area contributed by atoms with Gasteiger partial charge in [0.2, 0.25) is 0 Å². The molecule has 2 heterocycles. The van der Waals surface area contributed by atoms with Crippen molar-refractivity contribution < 1.29 is 4.74 Å². The molecule has 0 bridgehead atoms. The topological polar surface area (TPSA) is 24.5 Å². The van der Waals surface area contributed by atoms with Crippen molar-refractivity contribution in [3.05, 3.63) is 0 Å². The number of hydrogen-bond donors (Lipinski definition) is 1. The predicted octanol–water partition coefficient (Wildman–Crippen LogP) is 2.26. The number of nitrogens with one attached hydrogen (secondary N) is 1. The summed E-state index contributed by atoms with van der Waals surface area (Å²) >= 11 is 0. The van der Waals surface area contributed by atoms with E-state index in [-0.39, 0.29) is 0 Å². The molecule has 3 heteroatoms. The molecule has 0 amide bonds. The summed E-state index contributed by atoms with van der Waals surface area (Å²) in [4.78, 5) is 2.74. The molecule has 3 unspecified atom stereocenters. The zero-order chi connectivity index (χ0) is 13.2. The first kappa shape index (κ1) is 14.3. The maximum Gasteiger partial charge on any atom is 0.0622 e. The second-order valence-electron chi connectivity index (χ2n) is 6.98. The van der Waals surface area contributed by atoms with Gasteiger partial charge in [-0.25, -0.2) is 0 Å². The predicted molar refractivity (Wildman–Crippen MR) is 75.9 cm³/mol. The molecule has 1 N–H and O–H groups in total. The number of piperazine rings is 1. The Hall–Kier alpha value is -0.120. The zero-order valence-electron chi connectivity index (χ0n) is 12.5. The monoisotopic (exact) mass is 254 g/mol. The lowest BCUT2D eigenvalue weighted by Crippen LogP contribution is -2.62. The molecule has 2 aliphatic heterocycles. The fourth-order valence-electron chi connectivity index (χ4n) is 3.23. The summed E-state index contributed by atoms with van der Waals surface area (Å²) in [5.41, 5.74) is 0.342. The van der Waals surface area contributed by atoms with E-state index >= 15 is 0 Å². The first-order chi connectivity index (χ1) is 8.52. The first-order valence-corrected chi connectivity index (χ1v) is 7.59. The molecule has 0 aromatic rings. The molecular weight excluding hydrogens is 224 g/mol. The molecule has 2 aliphatic rings. The molecular formula is C15H30N2O. The van der Waals surface area contributed by atoms with Gasteiger partial charge in [0, 0.05) is 37.8 Å². The SMILES string of the molecule is CCCC1CNC(C(C)(C)C)CN1C1CCOC1. The molecule has 0 aromatic carbocycles. The number of nitrogens with zero attached hydrogens (tertiary/aromatic N) is 1. The van der Waals surface area contributed by atoms with Crippen LogP contribution in [0.1, 0.15) is 47.0 Å². The van der Waals surface area contributed by atoms with Gasteiger partial charge in [0.15, 0.2) is 0 Å². The third-order valence-electron chi connectivity index (χ3n) is 4.50. The second kappa shape index (κ2) is 5.89. The van der Waals surface area contributed by atoms with Crippen molar-refractivity contribution in [1.82, 2.24) is 10.2 Å². The van der Waals surface area contributed by atoms with Crippen LogP contribution in [0.4, 0.5) is 0 Å². The van der Waals surface area contributed by atoms with Gasteiger partial charge in [-0.05, 0) is 18.3 Å². The van der Waals surface area contributed by atoms with Gasteiger partial charge < -0.3 is 10.1 Å². The van der Waals surface area contributed by atoms with E-state index in [0.717, 1.165) is 19.8 Å². The normalized spacial score (nSPS) is 35.0. The van der Waals surface area contributed by atoms with Gasteiger partial charge in [0.05, 0.1) is 6.61 Å². The van der Waals surface area contributed by atoms with E-state index in [4.69, 9.17) is 4.74 Å². The maximum atomic E-state index is 5.60. The summed E-state index contributed by atoms with van der Waals surface area (Å²) < 4.78 is 5.60. The molecule has 0 radical (unpaired) electrons. The third kappa shape index (κ3) is 3.25. The Balaban J connectivity index is 2.03. The van der Waals surface area contributed by atoms with E-state index in [1.54, 1.807) is 0 Å². The summed E-state index contributed by atoms with van der Waals surface area (Å²) in [6.07, 6.45) is 3.80. The highest BCUT2D eigenvalue weighted by molar-refractivity contribution is 4.95. The standard InChI is InChI=1S/C15H30N2O/c1-5-6-12-9-16-14(15(2,3)4)10-17(12)13-7-8-18-11-13/h12-14,16H,5-11H2,1-4H3. The van der Waals surface area contributed by atoms with E-state index in [2.05, 4.69) is 37.9 Å². The minimum absolute atomic E-state index is 0.342. The molecule has 0 spiro atoms. The first-order valence-electron chi connectivity index (χ1n) is 7.59. The van der Waals surface area contributed by atoms with E-state index in [0.29, 0.717) is 23.5 Å². The third-order valence-corrected chi connectivity index (χ3v) is 4.50. The molecule has 0 aliphatic carbocycles. The summed E-state index contributed by atoms with van der Waals surface area (Å²) in [6, 6.07) is 1.97. The van der Waals surface area contributed by atoms with E-state index in [1.165, 1.54) is 25.8 Å². The van der Waals surface area contributed by atoms with Crippen LogP contribution in [0.15, 0.2) is 0 Å². The highest BCUT2D eigenvalue weighted by atomic mass is 16.5. The van der Waals surface area contributed by atoms with E-state index in [9.17, 15) is 0 Å². The smallest absolute Gasteiger partial charge is 0.0622 e. The molecule has 3 nitrogen and oxygen atoms in total. The van der Waals surface area contributed by atoms with Gasteiger partial charge in [-0.2, -0.15) is 0 Å². The van der Waals surface area contributed by atoms with Crippen LogP contribution in [0.25, 0.3) is 0 Å². The molecule has 18 heavy (non-hydrogen) atoms. The average molecular weight is 254 g/mol. The summed E-state index contributed by atoms with van der Waals surface area (Å²) in [5, 5.41) is 3.76. The van der Waals surface area contributed by atoms with Gasteiger partial charge in [-0.1, -0.05) is 34.1 Å². The van der Waals surface area contributed by atoms with Gasteiger partial charge >= 0.3 is 0 Å². The van der Waals surface area contributed by atoms with Crippen LogP contribution in [-0.4, -0.2) is 49.3 Å². The van der Waals surface area contributed by atoms with Crippen LogP contribution in [0.2, 0.25) is 0 Å². The maximum absolute atomic E-state index is 5.60. The van der Waals surface area contributed by atoms with Crippen LogP contribution in [0, 0.1) is 5.41 Å². The van der Waals surface area contributed by atoms with Crippen molar-refractivity contribution in [2.24, 2.45) is 5.41 Å². The Bertz CT molecular complexity index is 256. The molecule has 0 aromatic heterocycles. The van der Waals surface area contributed by atoms with Crippen LogP contribution < -0.4 is 5.32 Å². The Morgan fingerprint density at radius 1 is 1.33 bits per heavy atom. The van der Waals surface area contributed by atoms with Gasteiger partial charge in [-0.3, -0.25) is 4.90 Å². The summed E-state index contributed by atoms with van der Waals surface area (Å²) in [6.45, 7) is 13.5. The van der Waals surface area contributed by atoms with E-state index < -0.39 is 0 Å². The highest BCUT2D eigenvalue weighted by Gasteiger charge is 2.37. The van der Waals surface area contributed by atoms with Crippen molar-refractivity contribution >= 4 is 0 Å². The van der Waals surface area contributed by atoms with E-state index in [1.807, 2.05) is 0 Å². The Morgan fingerprint density at radius 2 is 2.11 bits per heavy atom. The largest absolute Gasteiger partial charge is 0.380 e. The Kier molecular flexibility index (Phi) is 4.68. The van der Waals surface area contributed by atoms with Crippen LogP contribution >= 0.6 is 0 Å². The highest BCUT2D eigenvalue weighted by Crippen LogP contribution is 2.27. The zero-order valence-corrected chi connectivity index (χ0v) is 12.5. The van der Waals surface area contributed by atoms with Crippen LogP contribution in [0.3, 0.4) is 0 Å². The number of hydrogen-bond acceptors (Lipinski definition) is 3. The van der Waals surface area contributed by atoms with Crippen molar-refractivity contribution in [3.8, 4) is 0 Å². The molecule has 2 saturated heterocycles. The van der Waals surface area contributed by atoms with Crippen LogP contribution in [-0.2, 0) is 4.74 Å². The van der Waals surface area contributed by atoms with Crippen LogP contribution in [0.5, 0.6) is 0 Å². The number of ether oxygens (including phenoxy) is 1. The Labute approximate surface area is 112 Å². The summed E-state index contributed by atoms with van der Waals surface area (Å²) in [5.74, 6) is 0. The minimum Gasteiger partial charge on any atom is -0.380 e. The fraction of sp³-hybridized carbons (Fsp3) is 1.00. The van der Waals surface area contributed by atoms with Crippen molar-refractivity contribution in [1.29, 1.82) is 0 Å². The van der Waals surface area contributed by atoms with Gasteiger partial charge in [0.1, 0.15) is 0 Å². The lowest BCUT2D eigenvalue weighted by Gasteiger charge is -2.47. The minimum atomic E-state index is 0.342. The quantitative estimate of drug-likeness (QED) is 0.836. The van der Waals surface area contributed by atoms with Gasteiger partial charge in [-0.15, -0.1) is 0 Å². The molecule has 0 saturated carbocycles. The molecule has 2 rings (SSSR count). The van der Waals surface area contributed by atoms with Crippen molar-refractivity contribution in [2.45, 2.75) is 65.1 Å². The average Bonchev–Trinajstić information content (AvgIpc) is 2.82. The molecule has 106 valence electrons. The molecule has 2 fully saturated rings. The van der Waals surface area contributed by atoms with Crippen molar-refractivity contribution in [3.63, 3.8) is 0 Å². The Morgan fingerprint density at radius 3 is 2.67 bits per heavy atom.